The van der Waals surface area contributed by atoms with E-state index in [0.717, 1.165) is 5.56 Å². The first kappa shape index (κ1) is 31.4. The fourth-order valence-corrected chi connectivity index (χ4v) is 4.68. The molecule has 3 N–H and O–H groups in total. The van der Waals surface area contributed by atoms with Crippen LogP contribution in [-0.2, 0) is 16.8 Å². The highest BCUT2D eigenvalue weighted by atomic mass is 19.1. The SMILES string of the molecule is CCOc1c(C(=O)NC)cc2c(c1F)CN(CC(=O)c1cc(N(C)C)c(OCCCC(=O)O)c(C(C)(C)C)c1)C2=N. The van der Waals surface area contributed by atoms with Gasteiger partial charge in [0.1, 0.15) is 11.6 Å². The number of hydrogen-bond donors (Lipinski definition) is 3. The molecular weight excluding hydrogens is 531 g/mol. The monoisotopic (exact) mass is 570 g/mol. The van der Waals surface area contributed by atoms with Crippen LogP contribution in [-0.4, -0.2) is 74.4 Å². The summed E-state index contributed by atoms with van der Waals surface area (Å²) in [7, 11) is 5.09. The molecule has 0 unspecified atom stereocenters. The van der Waals surface area contributed by atoms with Gasteiger partial charge < -0.3 is 29.7 Å². The first-order valence-corrected chi connectivity index (χ1v) is 13.5. The maximum Gasteiger partial charge on any atom is 0.303 e. The summed E-state index contributed by atoms with van der Waals surface area (Å²) in [5.74, 6) is -2.06. The predicted molar refractivity (Wildman–Crippen MR) is 154 cm³/mol. The number of rotatable bonds is 12. The van der Waals surface area contributed by atoms with Crippen molar-refractivity contribution in [2.75, 3.05) is 45.8 Å². The summed E-state index contributed by atoms with van der Waals surface area (Å²) in [6, 6.07) is 4.92. The zero-order valence-corrected chi connectivity index (χ0v) is 24.7. The molecule has 11 heteroatoms. The van der Waals surface area contributed by atoms with E-state index in [1.807, 2.05) is 39.8 Å². The summed E-state index contributed by atoms with van der Waals surface area (Å²) < 4.78 is 27.0. The summed E-state index contributed by atoms with van der Waals surface area (Å²) >= 11 is 0. The molecule has 1 amide bonds. The third-order valence-electron chi connectivity index (χ3n) is 6.80. The number of ketones is 1. The van der Waals surface area contributed by atoms with Crippen LogP contribution in [0.3, 0.4) is 0 Å². The summed E-state index contributed by atoms with van der Waals surface area (Å²) in [6.45, 7) is 7.84. The van der Waals surface area contributed by atoms with Crippen molar-refractivity contribution in [2.24, 2.45) is 0 Å². The van der Waals surface area contributed by atoms with Crippen LogP contribution in [0.25, 0.3) is 0 Å². The topological polar surface area (TPSA) is 132 Å². The second kappa shape index (κ2) is 12.6. The summed E-state index contributed by atoms with van der Waals surface area (Å²) in [6.07, 6.45) is 0.327. The normalized spacial score (nSPS) is 12.7. The lowest BCUT2D eigenvalue weighted by atomic mass is 9.84. The van der Waals surface area contributed by atoms with E-state index in [0.29, 0.717) is 23.4 Å². The van der Waals surface area contributed by atoms with E-state index in [1.165, 1.54) is 18.0 Å². The fraction of sp³-hybridized carbons (Fsp3) is 0.467. The van der Waals surface area contributed by atoms with Crippen molar-refractivity contribution in [3.05, 3.63) is 51.8 Å². The van der Waals surface area contributed by atoms with E-state index in [-0.39, 0.29) is 66.8 Å². The molecule has 1 heterocycles. The van der Waals surface area contributed by atoms with Crippen LogP contribution in [0, 0.1) is 11.2 Å². The number of halogens is 1. The van der Waals surface area contributed by atoms with Gasteiger partial charge in [0.05, 0.1) is 31.0 Å². The average Bonchev–Trinajstić information content (AvgIpc) is 3.21. The molecule has 0 radical (unpaired) electrons. The van der Waals surface area contributed by atoms with Crippen LogP contribution in [0.4, 0.5) is 10.1 Å². The second-order valence-electron chi connectivity index (χ2n) is 11.1. The lowest BCUT2D eigenvalue weighted by Gasteiger charge is -2.28. The van der Waals surface area contributed by atoms with E-state index in [2.05, 4.69) is 5.32 Å². The maximum atomic E-state index is 15.5. The Bertz CT molecular complexity index is 1370. The number of fused-ring (bicyclic) bond motifs is 1. The molecule has 10 nitrogen and oxygen atoms in total. The standard InChI is InChI=1S/C30H39FN4O6/c1-8-40-26-19(29(39)33-5)14-18-20(25(26)31)15-35(28(18)32)16-23(36)17-12-21(30(2,3)4)27(22(13-17)34(6)7)41-11-9-10-24(37)38/h12-14,32H,8-11,15-16H2,1-7H3,(H,33,39)(H,37,38). The summed E-state index contributed by atoms with van der Waals surface area (Å²) in [4.78, 5) is 40.3. The molecule has 1 aliphatic heterocycles. The van der Waals surface area contributed by atoms with Crippen LogP contribution in [0.2, 0.25) is 0 Å². The number of carbonyl (C=O) groups is 3. The molecule has 2 aromatic carbocycles. The highest BCUT2D eigenvalue weighted by Gasteiger charge is 2.34. The molecule has 3 rings (SSSR count). The molecule has 222 valence electrons. The predicted octanol–water partition coefficient (Wildman–Crippen LogP) is 4.21. The van der Waals surface area contributed by atoms with Gasteiger partial charge in [-0.25, -0.2) is 4.39 Å². The highest BCUT2D eigenvalue weighted by molar-refractivity contribution is 6.08. The van der Waals surface area contributed by atoms with Crippen molar-refractivity contribution in [3.8, 4) is 11.5 Å². The number of carboxylic acids is 1. The van der Waals surface area contributed by atoms with E-state index < -0.39 is 23.1 Å². The Kier molecular flexibility index (Phi) is 9.62. The molecular formula is C30H39FN4O6. The number of carbonyl (C=O) groups excluding carboxylic acids is 2. The Morgan fingerprint density at radius 1 is 1.15 bits per heavy atom. The smallest absolute Gasteiger partial charge is 0.303 e. The zero-order chi connectivity index (χ0) is 30.6. The minimum Gasteiger partial charge on any atom is -0.491 e. The zero-order valence-electron chi connectivity index (χ0n) is 24.7. The van der Waals surface area contributed by atoms with Gasteiger partial charge in [-0.05, 0) is 37.0 Å². The molecule has 0 saturated carbocycles. The number of carboxylic acid groups (broad SMARTS) is 1. The van der Waals surface area contributed by atoms with Gasteiger partial charge in [-0.15, -0.1) is 0 Å². The third-order valence-corrected chi connectivity index (χ3v) is 6.80. The van der Waals surface area contributed by atoms with Crippen LogP contribution < -0.4 is 19.7 Å². The Morgan fingerprint density at radius 2 is 1.83 bits per heavy atom. The van der Waals surface area contributed by atoms with Crippen molar-refractivity contribution >= 4 is 29.2 Å². The van der Waals surface area contributed by atoms with Gasteiger partial charge in [-0.3, -0.25) is 19.8 Å². The Labute approximate surface area is 239 Å². The molecule has 2 aromatic rings. The Morgan fingerprint density at radius 3 is 2.39 bits per heavy atom. The lowest BCUT2D eigenvalue weighted by Crippen LogP contribution is -2.30. The highest BCUT2D eigenvalue weighted by Crippen LogP contribution is 2.40. The largest absolute Gasteiger partial charge is 0.491 e. The van der Waals surface area contributed by atoms with Crippen molar-refractivity contribution in [3.63, 3.8) is 0 Å². The molecule has 0 aliphatic carbocycles. The van der Waals surface area contributed by atoms with Gasteiger partial charge in [0.25, 0.3) is 5.91 Å². The van der Waals surface area contributed by atoms with Crippen molar-refractivity contribution in [1.82, 2.24) is 10.2 Å². The van der Waals surface area contributed by atoms with E-state index in [4.69, 9.17) is 20.0 Å². The molecule has 41 heavy (non-hydrogen) atoms. The number of aliphatic carboxylic acids is 1. The van der Waals surface area contributed by atoms with Crippen molar-refractivity contribution < 1.29 is 33.4 Å². The molecule has 0 spiro atoms. The minimum atomic E-state index is -0.896. The van der Waals surface area contributed by atoms with Crippen LogP contribution in [0.1, 0.15) is 77.9 Å². The van der Waals surface area contributed by atoms with E-state index in [9.17, 15) is 14.4 Å². The second-order valence-corrected chi connectivity index (χ2v) is 11.1. The van der Waals surface area contributed by atoms with Gasteiger partial charge in [0.2, 0.25) is 0 Å². The number of Topliss-reactive ketones (excluding diaryl/α,β-unsaturated/α-hetero) is 1. The molecule has 1 aliphatic rings. The van der Waals surface area contributed by atoms with Gasteiger partial charge in [-0.2, -0.15) is 0 Å². The number of ether oxygens (including phenoxy) is 2. The Balaban J connectivity index is 1.95. The van der Waals surface area contributed by atoms with Gasteiger partial charge in [-0.1, -0.05) is 20.8 Å². The summed E-state index contributed by atoms with van der Waals surface area (Å²) in [5, 5.41) is 20.1. The molecule has 0 saturated heterocycles. The fourth-order valence-electron chi connectivity index (χ4n) is 4.68. The van der Waals surface area contributed by atoms with E-state index in [1.54, 1.807) is 19.1 Å². The van der Waals surface area contributed by atoms with Gasteiger partial charge in [0.15, 0.2) is 17.3 Å². The van der Waals surface area contributed by atoms with E-state index >= 15 is 4.39 Å². The number of anilines is 1. The minimum absolute atomic E-state index is 0.00656. The van der Waals surface area contributed by atoms with Crippen LogP contribution in [0.5, 0.6) is 11.5 Å². The van der Waals surface area contributed by atoms with Crippen molar-refractivity contribution in [1.29, 1.82) is 5.41 Å². The third kappa shape index (κ3) is 6.78. The first-order valence-electron chi connectivity index (χ1n) is 13.5. The number of amides is 1. The number of benzene rings is 2. The van der Waals surface area contributed by atoms with Crippen LogP contribution >= 0.6 is 0 Å². The number of nitrogens with one attached hydrogen (secondary N) is 2. The molecule has 0 aromatic heterocycles. The van der Waals surface area contributed by atoms with Gasteiger partial charge >= 0.3 is 5.97 Å². The number of amidine groups is 1. The number of hydrogen-bond acceptors (Lipinski definition) is 7. The van der Waals surface area contributed by atoms with Crippen LogP contribution in [0.15, 0.2) is 18.2 Å². The molecule has 0 bridgehead atoms. The molecule has 0 fully saturated rings. The number of nitrogens with zero attached hydrogens (tertiary/aromatic N) is 2. The molecule has 0 atom stereocenters. The first-order chi connectivity index (χ1) is 19.2. The lowest BCUT2D eigenvalue weighted by molar-refractivity contribution is -0.137. The summed E-state index contributed by atoms with van der Waals surface area (Å²) in [5.41, 5.74) is 1.88. The maximum absolute atomic E-state index is 15.5. The quantitative estimate of drug-likeness (QED) is 0.255. The Hall–Kier alpha value is -4.15. The van der Waals surface area contributed by atoms with Crippen molar-refractivity contribution in [2.45, 2.75) is 52.5 Å². The average molecular weight is 571 g/mol. The van der Waals surface area contributed by atoms with Gasteiger partial charge in [0, 0.05) is 56.4 Å².